The second kappa shape index (κ2) is 5.43. The standard InChI is InChI=1S/C12H17BrN2S/c1-15(11-4-5-16-8-11)7-9-2-3-10(13)6-12(9)14/h2-3,6,11H,4-5,7-8,14H2,1H3. The highest BCUT2D eigenvalue weighted by Crippen LogP contribution is 2.25. The van der Waals surface area contributed by atoms with Crippen LogP contribution in [0.5, 0.6) is 0 Å². The van der Waals surface area contributed by atoms with Crippen molar-refractivity contribution in [3.8, 4) is 0 Å². The van der Waals surface area contributed by atoms with Gasteiger partial charge in [-0.3, -0.25) is 4.90 Å². The largest absolute Gasteiger partial charge is 0.398 e. The molecule has 0 radical (unpaired) electrons. The number of rotatable bonds is 3. The minimum atomic E-state index is 0.716. The quantitative estimate of drug-likeness (QED) is 0.870. The molecule has 1 aliphatic rings. The van der Waals surface area contributed by atoms with E-state index in [-0.39, 0.29) is 0 Å². The fourth-order valence-electron chi connectivity index (χ4n) is 1.98. The molecular formula is C12H17BrN2S. The Balaban J connectivity index is 2.02. The zero-order chi connectivity index (χ0) is 11.5. The molecule has 16 heavy (non-hydrogen) atoms. The lowest BCUT2D eigenvalue weighted by Crippen LogP contribution is -2.31. The van der Waals surface area contributed by atoms with Gasteiger partial charge in [-0.2, -0.15) is 11.8 Å². The summed E-state index contributed by atoms with van der Waals surface area (Å²) < 4.78 is 1.05. The van der Waals surface area contributed by atoms with Crippen molar-refractivity contribution in [2.24, 2.45) is 0 Å². The third-order valence-electron chi connectivity index (χ3n) is 3.06. The van der Waals surface area contributed by atoms with E-state index < -0.39 is 0 Å². The highest BCUT2D eigenvalue weighted by Gasteiger charge is 2.20. The molecule has 1 aliphatic heterocycles. The van der Waals surface area contributed by atoms with Crippen molar-refractivity contribution in [3.63, 3.8) is 0 Å². The van der Waals surface area contributed by atoms with Crippen LogP contribution in [0.15, 0.2) is 22.7 Å². The van der Waals surface area contributed by atoms with Crippen LogP contribution in [0.25, 0.3) is 0 Å². The molecule has 0 saturated carbocycles. The number of halogens is 1. The molecule has 1 aromatic carbocycles. The first-order valence-electron chi connectivity index (χ1n) is 5.48. The predicted molar refractivity (Wildman–Crippen MR) is 75.8 cm³/mol. The first-order valence-corrected chi connectivity index (χ1v) is 7.43. The Morgan fingerprint density at radius 3 is 3.00 bits per heavy atom. The monoisotopic (exact) mass is 300 g/mol. The fraction of sp³-hybridized carbons (Fsp3) is 0.500. The van der Waals surface area contributed by atoms with E-state index in [0.717, 1.165) is 16.7 Å². The lowest BCUT2D eigenvalue weighted by atomic mass is 10.1. The minimum absolute atomic E-state index is 0.716. The zero-order valence-corrected chi connectivity index (χ0v) is 11.9. The predicted octanol–water partition coefficient (Wildman–Crippen LogP) is 2.97. The number of hydrogen-bond donors (Lipinski definition) is 1. The summed E-state index contributed by atoms with van der Waals surface area (Å²) in [5.74, 6) is 2.55. The number of benzene rings is 1. The molecule has 2 rings (SSSR count). The third kappa shape index (κ3) is 2.93. The van der Waals surface area contributed by atoms with Gasteiger partial charge in [0.05, 0.1) is 0 Å². The van der Waals surface area contributed by atoms with Crippen LogP contribution in [-0.2, 0) is 6.54 Å². The fourth-order valence-corrected chi connectivity index (χ4v) is 3.65. The number of nitrogens with two attached hydrogens (primary N) is 1. The summed E-state index contributed by atoms with van der Waals surface area (Å²) in [5.41, 5.74) is 8.11. The van der Waals surface area contributed by atoms with Crippen molar-refractivity contribution >= 4 is 33.4 Å². The van der Waals surface area contributed by atoms with Crippen molar-refractivity contribution in [1.82, 2.24) is 4.90 Å². The van der Waals surface area contributed by atoms with Gasteiger partial charge in [0.15, 0.2) is 0 Å². The van der Waals surface area contributed by atoms with Crippen LogP contribution in [0.1, 0.15) is 12.0 Å². The van der Waals surface area contributed by atoms with Crippen molar-refractivity contribution in [1.29, 1.82) is 0 Å². The van der Waals surface area contributed by atoms with Crippen LogP contribution in [0.2, 0.25) is 0 Å². The summed E-state index contributed by atoms with van der Waals surface area (Å²) in [6, 6.07) is 6.86. The van der Waals surface area contributed by atoms with Crippen molar-refractivity contribution < 1.29 is 0 Å². The van der Waals surface area contributed by atoms with Crippen molar-refractivity contribution in [3.05, 3.63) is 28.2 Å². The highest BCUT2D eigenvalue weighted by atomic mass is 79.9. The summed E-state index contributed by atoms with van der Waals surface area (Å²) in [4.78, 5) is 2.42. The van der Waals surface area contributed by atoms with Crippen LogP contribution in [0.3, 0.4) is 0 Å². The van der Waals surface area contributed by atoms with E-state index in [1.165, 1.54) is 23.5 Å². The van der Waals surface area contributed by atoms with Crippen LogP contribution in [-0.4, -0.2) is 29.5 Å². The van der Waals surface area contributed by atoms with E-state index >= 15 is 0 Å². The lowest BCUT2D eigenvalue weighted by Gasteiger charge is -2.24. The van der Waals surface area contributed by atoms with Gasteiger partial charge in [0.25, 0.3) is 0 Å². The third-order valence-corrected chi connectivity index (χ3v) is 4.69. The van der Waals surface area contributed by atoms with E-state index in [4.69, 9.17) is 5.73 Å². The summed E-state index contributed by atoms with van der Waals surface area (Å²) in [5, 5.41) is 0. The maximum atomic E-state index is 6.01. The van der Waals surface area contributed by atoms with E-state index in [9.17, 15) is 0 Å². The second-order valence-corrected chi connectivity index (χ2v) is 6.34. The molecule has 0 bridgehead atoms. The second-order valence-electron chi connectivity index (χ2n) is 4.28. The molecule has 1 fully saturated rings. The van der Waals surface area contributed by atoms with Crippen LogP contribution in [0.4, 0.5) is 5.69 Å². The Labute approximate surface area is 110 Å². The van der Waals surface area contributed by atoms with Crippen molar-refractivity contribution in [2.45, 2.75) is 19.0 Å². The van der Waals surface area contributed by atoms with Gasteiger partial charge in [-0.05, 0) is 36.9 Å². The molecule has 88 valence electrons. The van der Waals surface area contributed by atoms with Gasteiger partial charge < -0.3 is 5.73 Å². The average Bonchev–Trinajstić information content (AvgIpc) is 2.75. The minimum Gasteiger partial charge on any atom is -0.398 e. The van der Waals surface area contributed by atoms with Gasteiger partial charge in [-0.15, -0.1) is 0 Å². The lowest BCUT2D eigenvalue weighted by molar-refractivity contribution is 0.255. The molecule has 2 N–H and O–H groups in total. The zero-order valence-electron chi connectivity index (χ0n) is 9.45. The summed E-state index contributed by atoms with van der Waals surface area (Å²) in [6.45, 7) is 0.949. The average molecular weight is 301 g/mol. The Kier molecular flexibility index (Phi) is 4.16. The Bertz CT molecular complexity index is 364. The SMILES string of the molecule is CN(Cc1ccc(Br)cc1N)C1CCSC1. The Morgan fingerprint density at radius 1 is 1.56 bits per heavy atom. The van der Waals surface area contributed by atoms with E-state index in [2.05, 4.69) is 40.0 Å². The molecule has 1 saturated heterocycles. The maximum absolute atomic E-state index is 6.01. The first kappa shape index (κ1) is 12.3. The molecule has 0 aliphatic carbocycles. The van der Waals surface area contributed by atoms with Crippen LogP contribution >= 0.6 is 27.7 Å². The maximum Gasteiger partial charge on any atom is 0.0371 e. The highest BCUT2D eigenvalue weighted by molar-refractivity contribution is 9.10. The Hall–Kier alpha value is -0.190. The van der Waals surface area contributed by atoms with Crippen LogP contribution in [0, 0.1) is 0 Å². The normalized spacial score (nSPS) is 20.6. The van der Waals surface area contributed by atoms with E-state index in [1.54, 1.807) is 0 Å². The summed E-state index contributed by atoms with van der Waals surface area (Å²) in [7, 11) is 2.19. The van der Waals surface area contributed by atoms with E-state index in [0.29, 0.717) is 6.04 Å². The topological polar surface area (TPSA) is 29.3 Å². The number of nitrogen functional groups attached to an aromatic ring is 1. The van der Waals surface area contributed by atoms with E-state index in [1.807, 2.05) is 17.8 Å². The Morgan fingerprint density at radius 2 is 2.38 bits per heavy atom. The number of hydrogen-bond acceptors (Lipinski definition) is 3. The number of nitrogens with zero attached hydrogens (tertiary/aromatic N) is 1. The molecule has 1 atom stereocenters. The number of anilines is 1. The van der Waals surface area contributed by atoms with Gasteiger partial charge >= 0.3 is 0 Å². The molecule has 0 amide bonds. The van der Waals surface area contributed by atoms with Gasteiger partial charge in [-0.1, -0.05) is 22.0 Å². The van der Waals surface area contributed by atoms with Crippen LogP contribution < -0.4 is 5.73 Å². The van der Waals surface area contributed by atoms with Gasteiger partial charge in [0.1, 0.15) is 0 Å². The number of thioether (sulfide) groups is 1. The smallest absolute Gasteiger partial charge is 0.0371 e. The molecule has 0 spiro atoms. The molecule has 0 aromatic heterocycles. The van der Waals surface area contributed by atoms with Gasteiger partial charge in [0, 0.05) is 28.5 Å². The van der Waals surface area contributed by atoms with Gasteiger partial charge in [0.2, 0.25) is 0 Å². The molecule has 1 heterocycles. The molecule has 1 unspecified atom stereocenters. The molecule has 4 heteroatoms. The van der Waals surface area contributed by atoms with Crippen molar-refractivity contribution in [2.75, 3.05) is 24.3 Å². The first-order chi connectivity index (χ1) is 7.66. The summed E-state index contributed by atoms with van der Waals surface area (Å²) >= 11 is 5.48. The molecule has 2 nitrogen and oxygen atoms in total. The van der Waals surface area contributed by atoms with Gasteiger partial charge in [-0.25, -0.2) is 0 Å². The summed E-state index contributed by atoms with van der Waals surface area (Å²) in [6.07, 6.45) is 1.30. The molecule has 1 aromatic rings. The molecular weight excluding hydrogens is 284 g/mol.